The smallest absolute Gasteiger partial charge is 0.181 e. The Morgan fingerprint density at radius 2 is 1.52 bits per heavy atom. The van der Waals surface area contributed by atoms with Gasteiger partial charge in [-0.3, -0.25) is 0 Å². The van der Waals surface area contributed by atoms with E-state index in [1.807, 2.05) is 6.07 Å². The Bertz CT molecular complexity index is 743. The van der Waals surface area contributed by atoms with Gasteiger partial charge in [-0.05, 0) is 6.07 Å². The summed E-state index contributed by atoms with van der Waals surface area (Å²) in [5, 5.41) is 1.36. The van der Waals surface area contributed by atoms with Crippen LogP contribution in [0.2, 0.25) is 5.02 Å². The third kappa shape index (κ3) is 3.23. The molecule has 0 amide bonds. The predicted octanol–water partition coefficient (Wildman–Crippen LogP) is 4.90. The summed E-state index contributed by atoms with van der Waals surface area (Å²) in [4.78, 5) is 9.57. The van der Waals surface area contributed by atoms with Gasteiger partial charge in [-0.1, -0.05) is 53.1 Å². The molecule has 2 aromatic rings. The van der Waals surface area contributed by atoms with Crippen LogP contribution < -0.4 is 9.47 Å². The van der Waals surface area contributed by atoms with Gasteiger partial charge in [0.2, 0.25) is 0 Å². The normalized spacial score (nSPS) is 12.6. The van der Waals surface area contributed by atoms with Crippen LogP contribution in [0.15, 0.2) is 6.07 Å². The molecule has 0 atom stereocenters. The zero-order valence-corrected chi connectivity index (χ0v) is 15.9. The molecule has 0 bridgehead atoms. The number of nitrogens with zero attached hydrogens (tertiary/aromatic N) is 2. The Hall–Kier alpha value is -1.55. The second kappa shape index (κ2) is 5.82. The SMILES string of the molecule is COc1cc2c(C(C)(C)C)nc(C(C)(C)C)nc2c(Cl)c1OC. The second-order valence-electron chi connectivity index (χ2n) is 7.72. The molecule has 0 radical (unpaired) electrons. The lowest BCUT2D eigenvalue weighted by atomic mass is 9.87. The molecule has 0 aliphatic heterocycles. The van der Waals surface area contributed by atoms with Crippen LogP contribution >= 0.6 is 11.6 Å². The van der Waals surface area contributed by atoms with Crippen molar-refractivity contribution in [2.24, 2.45) is 0 Å². The molecule has 0 unspecified atom stereocenters. The van der Waals surface area contributed by atoms with Crippen molar-refractivity contribution in [1.29, 1.82) is 0 Å². The van der Waals surface area contributed by atoms with Crippen LogP contribution in [0.4, 0.5) is 0 Å². The topological polar surface area (TPSA) is 44.2 Å². The van der Waals surface area contributed by atoms with Crippen molar-refractivity contribution in [2.75, 3.05) is 14.2 Å². The monoisotopic (exact) mass is 336 g/mol. The highest BCUT2D eigenvalue weighted by Gasteiger charge is 2.28. The molecule has 1 heterocycles. The summed E-state index contributed by atoms with van der Waals surface area (Å²) in [6.07, 6.45) is 0. The fourth-order valence-corrected chi connectivity index (χ4v) is 2.75. The molecule has 5 heteroatoms. The molecule has 0 aliphatic rings. The first-order chi connectivity index (χ1) is 10.5. The molecule has 0 spiro atoms. The van der Waals surface area contributed by atoms with Gasteiger partial charge in [0, 0.05) is 16.2 Å². The van der Waals surface area contributed by atoms with E-state index in [9.17, 15) is 0 Å². The second-order valence-corrected chi connectivity index (χ2v) is 8.10. The van der Waals surface area contributed by atoms with Crippen molar-refractivity contribution in [3.05, 3.63) is 22.6 Å². The van der Waals surface area contributed by atoms with Crippen LogP contribution in [-0.2, 0) is 10.8 Å². The molecule has 0 saturated carbocycles. The Balaban J connectivity index is 2.99. The Labute approximate surface area is 143 Å². The number of benzene rings is 1. The molecular weight excluding hydrogens is 312 g/mol. The average Bonchev–Trinajstić information content (AvgIpc) is 2.43. The maximum atomic E-state index is 6.57. The maximum Gasteiger partial charge on any atom is 0.181 e. The van der Waals surface area contributed by atoms with Crippen molar-refractivity contribution >= 4 is 22.5 Å². The van der Waals surface area contributed by atoms with Crippen molar-refractivity contribution in [3.63, 3.8) is 0 Å². The van der Waals surface area contributed by atoms with Gasteiger partial charge in [0.05, 0.1) is 25.4 Å². The Morgan fingerprint density at radius 1 is 0.913 bits per heavy atom. The van der Waals surface area contributed by atoms with Crippen LogP contribution in [-0.4, -0.2) is 24.2 Å². The predicted molar refractivity (Wildman–Crippen MR) is 95.1 cm³/mol. The fourth-order valence-electron chi connectivity index (χ4n) is 2.43. The number of methoxy groups -OCH3 is 2. The summed E-state index contributed by atoms with van der Waals surface area (Å²) in [5.41, 5.74) is 1.33. The largest absolute Gasteiger partial charge is 0.493 e. The van der Waals surface area contributed by atoms with Gasteiger partial charge >= 0.3 is 0 Å². The molecule has 0 aliphatic carbocycles. The van der Waals surface area contributed by atoms with E-state index < -0.39 is 0 Å². The van der Waals surface area contributed by atoms with Crippen molar-refractivity contribution in [2.45, 2.75) is 52.4 Å². The number of rotatable bonds is 2. The maximum absolute atomic E-state index is 6.57. The van der Waals surface area contributed by atoms with E-state index in [4.69, 9.17) is 31.0 Å². The zero-order valence-electron chi connectivity index (χ0n) is 15.2. The van der Waals surface area contributed by atoms with Gasteiger partial charge in [0.1, 0.15) is 10.8 Å². The molecular formula is C18H25ClN2O2. The third-order valence-electron chi connectivity index (χ3n) is 3.66. The van der Waals surface area contributed by atoms with E-state index >= 15 is 0 Å². The lowest BCUT2D eigenvalue weighted by molar-refractivity contribution is 0.356. The van der Waals surface area contributed by atoms with Crippen molar-refractivity contribution in [1.82, 2.24) is 9.97 Å². The highest BCUT2D eigenvalue weighted by Crippen LogP contribution is 2.43. The van der Waals surface area contributed by atoms with Gasteiger partial charge < -0.3 is 9.47 Å². The van der Waals surface area contributed by atoms with Crippen molar-refractivity contribution in [3.8, 4) is 11.5 Å². The highest BCUT2D eigenvalue weighted by atomic mass is 35.5. The number of hydrogen-bond acceptors (Lipinski definition) is 4. The average molecular weight is 337 g/mol. The quantitative estimate of drug-likeness (QED) is 0.782. The molecule has 23 heavy (non-hydrogen) atoms. The van der Waals surface area contributed by atoms with Gasteiger partial charge in [0.15, 0.2) is 11.5 Å². The third-order valence-corrected chi connectivity index (χ3v) is 4.01. The van der Waals surface area contributed by atoms with E-state index in [1.54, 1.807) is 14.2 Å². The first-order valence-electron chi connectivity index (χ1n) is 7.64. The minimum atomic E-state index is -0.176. The number of aromatic nitrogens is 2. The highest BCUT2D eigenvalue weighted by molar-refractivity contribution is 6.37. The van der Waals surface area contributed by atoms with Crippen LogP contribution in [0.3, 0.4) is 0 Å². The minimum absolute atomic E-state index is 0.149. The number of hydrogen-bond donors (Lipinski definition) is 0. The molecule has 0 fully saturated rings. The van der Waals surface area contributed by atoms with Crippen LogP contribution in [0, 0.1) is 0 Å². The standard InChI is InChI=1S/C18H25ClN2O2/c1-17(2,3)15-10-9-11(22-7)14(23-8)12(19)13(10)20-16(21-15)18(4,5)6/h9H,1-8H3. The lowest BCUT2D eigenvalue weighted by Gasteiger charge is -2.25. The summed E-state index contributed by atoms with van der Waals surface area (Å²) in [6.45, 7) is 12.7. The first-order valence-corrected chi connectivity index (χ1v) is 8.01. The minimum Gasteiger partial charge on any atom is -0.493 e. The zero-order chi connectivity index (χ0) is 17.6. The van der Waals surface area contributed by atoms with Crippen LogP contribution in [0.25, 0.3) is 10.9 Å². The number of fused-ring (bicyclic) bond motifs is 1. The summed E-state index contributed by atoms with van der Waals surface area (Å²) in [6, 6.07) is 1.91. The molecule has 0 saturated heterocycles. The lowest BCUT2D eigenvalue weighted by Crippen LogP contribution is -2.22. The molecule has 4 nitrogen and oxygen atoms in total. The Morgan fingerprint density at radius 3 is 1.96 bits per heavy atom. The molecule has 1 aromatic heterocycles. The summed E-state index contributed by atoms with van der Waals surface area (Å²) in [5.74, 6) is 1.85. The number of ether oxygens (including phenoxy) is 2. The van der Waals surface area contributed by atoms with Crippen LogP contribution in [0.1, 0.15) is 53.1 Å². The summed E-state index contributed by atoms with van der Waals surface area (Å²) >= 11 is 6.57. The van der Waals surface area contributed by atoms with Gasteiger partial charge in [-0.15, -0.1) is 0 Å². The summed E-state index contributed by atoms with van der Waals surface area (Å²) in [7, 11) is 3.17. The van der Waals surface area contributed by atoms with E-state index in [1.165, 1.54) is 0 Å². The van der Waals surface area contributed by atoms with E-state index in [0.717, 1.165) is 16.9 Å². The van der Waals surface area contributed by atoms with Gasteiger partial charge in [0.25, 0.3) is 0 Å². The van der Waals surface area contributed by atoms with Gasteiger partial charge in [-0.25, -0.2) is 9.97 Å². The molecule has 1 aromatic carbocycles. The van der Waals surface area contributed by atoms with Crippen LogP contribution in [0.5, 0.6) is 11.5 Å². The number of halogens is 1. The van der Waals surface area contributed by atoms with Crippen molar-refractivity contribution < 1.29 is 9.47 Å². The van der Waals surface area contributed by atoms with E-state index in [2.05, 4.69) is 41.5 Å². The molecule has 2 rings (SSSR count). The van der Waals surface area contributed by atoms with E-state index in [0.29, 0.717) is 22.0 Å². The molecule has 0 N–H and O–H groups in total. The fraction of sp³-hybridized carbons (Fsp3) is 0.556. The van der Waals surface area contributed by atoms with E-state index in [-0.39, 0.29) is 10.8 Å². The Kier molecular flexibility index (Phi) is 4.51. The first kappa shape index (κ1) is 17.8. The molecule has 126 valence electrons. The van der Waals surface area contributed by atoms with Gasteiger partial charge in [-0.2, -0.15) is 0 Å². The summed E-state index contributed by atoms with van der Waals surface area (Å²) < 4.78 is 10.8.